The van der Waals surface area contributed by atoms with E-state index in [1.165, 1.54) is 0 Å². The van der Waals surface area contributed by atoms with Crippen molar-refractivity contribution in [2.24, 2.45) is 5.73 Å². The topological polar surface area (TPSA) is 67.2 Å². The summed E-state index contributed by atoms with van der Waals surface area (Å²) in [5.41, 5.74) is 7.30. The van der Waals surface area contributed by atoms with Crippen LogP contribution in [0.15, 0.2) is 24.3 Å². The zero-order valence-corrected chi connectivity index (χ0v) is 7.08. The lowest BCUT2D eigenvalue weighted by molar-refractivity contribution is -0.117. The van der Waals surface area contributed by atoms with Crippen molar-refractivity contribution in [3.63, 3.8) is 0 Å². The molecule has 2 rings (SSSR count). The van der Waals surface area contributed by atoms with Gasteiger partial charge < -0.3 is 16.4 Å². The van der Waals surface area contributed by atoms with Crippen LogP contribution in [-0.4, -0.2) is 18.5 Å². The molecular weight excluding hydrogens is 166 g/mol. The van der Waals surface area contributed by atoms with Gasteiger partial charge in [-0.25, -0.2) is 0 Å². The number of hydrogen-bond acceptors (Lipinski definition) is 3. The Hall–Kier alpha value is -1.55. The van der Waals surface area contributed by atoms with Gasteiger partial charge in [0.2, 0.25) is 5.91 Å². The molecule has 1 amide bonds. The molecule has 0 spiro atoms. The smallest absolute Gasteiger partial charge is 0.243 e. The van der Waals surface area contributed by atoms with Gasteiger partial charge in [-0.1, -0.05) is 12.1 Å². The molecule has 0 saturated carbocycles. The van der Waals surface area contributed by atoms with Crippen molar-refractivity contribution in [1.82, 2.24) is 0 Å². The van der Waals surface area contributed by atoms with Gasteiger partial charge in [0.1, 0.15) is 6.04 Å². The summed E-state index contributed by atoms with van der Waals surface area (Å²) < 4.78 is 0. The van der Waals surface area contributed by atoms with Crippen molar-refractivity contribution in [1.29, 1.82) is 0 Å². The molecule has 1 heterocycles. The predicted molar refractivity (Wildman–Crippen MR) is 51.5 cm³/mol. The predicted octanol–water partition coefficient (Wildman–Crippen LogP) is 0.378. The van der Waals surface area contributed by atoms with E-state index in [1.807, 2.05) is 24.3 Å². The Morgan fingerprint density at radius 3 is 2.77 bits per heavy atom. The Kier molecular flexibility index (Phi) is 1.90. The number of para-hydroxylation sites is 2. The average molecular weight is 177 g/mol. The van der Waals surface area contributed by atoms with Gasteiger partial charge in [-0.2, -0.15) is 0 Å². The first-order chi connectivity index (χ1) is 6.27. The first kappa shape index (κ1) is 8.07. The molecule has 4 N–H and O–H groups in total. The second kappa shape index (κ2) is 3.06. The van der Waals surface area contributed by atoms with Gasteiger partial charge in [-0.05, 0) is 12.1 Å². The molecule has 1 aromatic carbocycles. The van der Waals surface area contributed by atoms with Gasteiger partial charge in [0.25, 0.3) is 0 Å². The van der Waals surface area contributed by atoms with Crippen molar-refractivity contribution in [3.05, 3.63) is 24.3 Å². The highest BCUT2D eigenvalue weighted by Crippen LogP contribution is 2.22. The van der Waals surface area contributed by atoms with E-state index in [0.29, 0.717) is 6.54 Å². The average Bonchev–Trinajstić information content (AvgIpc) is 2.28. The lowest BCUT2D eigenvalue weighted by Gasteiger charge is -2.05. The molecule has 68 valence electrons. The van der Waals surface area contributed by atoms with Crippen LogP contribution in [-0.2, 0) is 4.79 Å². The van der Waals surface area contributed by atoms with Crippen LogP contribution >= 0.6 is 0 Å². The highest BCUT2D eigenvalue weighted by atomic mass is 16.2. The minimum Gasteiger partial charge on any atom is -0.381 e. The van der Waals surface area contributed by atoms with Crippen molar-refractivity contribution in [2.75, 3.05) is 17.2 Å². The zero-order valence-electron chi connectivity index (χ0n) is 7.08. The molecule has 0 bridgehead atoms. The Morgan fingerprint density at radius 1 is 1.31 bits per heavy atom. The molecular formula is C9H11N3O. The summed E-state index contributed by atoms with van der Waals surface area (Å²) in [6, 6.07) is 7.06. The van der Waals surface area contributed by atoms with E-state index in [0.717, 1.165) is 11.4 Å². The molecule has 0 saturated heterocycles. The molecule has 4 nitrogen and oxygen atoms in total. The molecule has 1 aliphatic rings. The summed E-state index contributed by atoms with van der Waals surface area (Å²) in [4.78, 5) is 11.3. The third-order valence-electron chi connectivity index (χ3n) is 2.03. The second-order valence-electron chi connectivity index (χ2n) is 3.02. The molecule has 0 unspecified atom stereocenters. The van der Waals surface area contributed by atoms with Crippen molar-refractivity contribution in [2.45, 2.75) is 6.04 Å². The number of anilines is 2. The number of fused-ring (bicyclic) bond motifs is 1. The van der Waals surface area contributed by atoms with E-state index < -0.39 is 6.04 Å². The van der Waals surface area contributed by atoms with Crippen molar-refractivity contribution in [3.8, 4) is 0 Å². The third kappa shape index (κ3) is 1.48. The van der Waals surface area contributed by atoms with Gasteiger partial charge in [0.05, 0.1) is 11.4 Å². The third-order valence-corrected chi connectivity index (χ3v) is 2.03. The fourth-order valence-corrected chi connectivity index (χ4v) is 1.28. The number of benzene rings is 1. The summed E-state index contributed by atoms with van der Waals surface area (Å²) in [5.74, 6) is -0.141. The summed E-state index contributed by atoms with van der Waals surface area (Å²) in [5, 5.41) is 5.84. The van der Waals surface area contributed by atoms with Crippen LogP contribution in [0.1, 0.15) is 0 Å². The fraction of sp³-hybridized carbons (Fsp3) is 0.222. The van der Waals surface area contributed by atoms with Crippen LogP contribution in [0.2, 0.25) is 0 Å². The molecule has 0 fully saturated rings. The Morgan fingerprint density at radius 2 is 2.00 bits per heavy atom. The standard InChI is InChI=1S/C9H11N3O/c10-6-5-11-7-3-1-2-4-8(7)12-9(6)13/h1-4,6,11H,5,10H2,(H,12,13)/t6-/m0/s1. The maximum Gasteiger partial charge on any atom is 0.243 e. The summed E-state index contributed by atoms with van der Waals surface area (Å²) in [6.07, 6.45) is 0. The maximum atomic E-state index is 11.3. The quantitative estimate of drug-likeness (QED) is 0.536. The molecule has 1 aliphatic heterocycles. The van der Waals surface area contributed by atoms with Crippen molar-refractivity contribution >= 4 is 17.3 Å². The van der Waals surface area contributed by atoms with E-state index in [4.69, 9.17) is 5.73 Å². The SMILES string of the molecule is N[C@H]1CNc2ccccc2NC1=O. The van der Waals surface area contributed by atoms with Gasteiger partial charge >= 0.3 is 0 Å². The van der Waals surface area contributed by atoms with Gasteiger partial charge in [0, 0.05) is 6.54 Å². The van der Waals surface area contributed by atoms with Gasteiger partial charge in [-0.3, -0.25) is 4.79 Å². The molecule has 0 radical (unpaired) electrons. The number of rotatable bonds is 0. The number of carbonyl (C=O) groups excluding carboxylic acids is 1. The minimum absolute atomic E-state index is 0.141. The Bertz CT molecular complexity index is 337. The molecule has 1 aromatic rings. The zero-order chi connectivity index (χ0) is 9.26. The molecule has 0 aliphatic carbocycles. The normalized spacial score (nSPS) is 21.0. The minimum atomic E-state index is -0.479. The van der Waals surface area contributed by atoms with E-state index in [1.54, 1.807) is 0 Å². The van der Waals surface area contributed by atoms with Crippen LogP contribution in [0.4, 0.5) is 11.4 Å². The lowest BCUT2D eigenvalue weighted by Crippen LogP contribution is -2.39. The number of carbonyl (C=O) groups is 1. The lowest BCUT2D eigenvalue weighted by atomic mass is 10.2. The number of hydrogen-bond donors (Lipinski definition) is 3. The van der Waals surface area contributed by atoms with Crippen molar-refractivity contribution < 1.29 is 4.79 Å². The van der Waals surface area contributed by atoms with Crippen LogP contribution < -0.4 is 16.4 Å². The second-order valence-corrected chi connectivity index (χ2v) is 3.02. The molecule has 0 aromatic heterocycles. The van der Waals surface area contributed by atoms with Crippen LogP contribution in [0.5, 0.6) is 0 Å². The van der Waals surface area contributed by atoms with Gasteiger partial charge in [0.15, 0.2) is 0 Å². The Labute approximate surface area is 76.1 Å². The monoisotopic (exact) mass is 177 g/mol. The van der Waals surface area contributed by atoms with E-state index >= 15 is 0 Å². The van der Waals surface area contributed by atoms with Crippen LogP contribution in [0.25, 0.3) is 0 Å². The van der Waals surface area contributed by atoms with Crippen LogP contribution in [0.3, 0.4) is 0 Å². The number of nitrogens with two attached hydrogens (primary N) is 1. The highest BCUT2D eigenvalue weighted by Gasteiger charge is 2.18. The number of amides is 1. The fourth-order valence-electron chi connectivity index (χ4n) is 1.28. The first-order valence-corrected chi connectivity index (χ1v) is 4.17. The Balaban J connectivity index is 2.35. The number of nitrogens with one attached hydrogen (secondary N) is 2. The summed E-state index contributed by atoms with van der Waals surface area (Å²) in [6.45, 7) is 0.475. The molecule has 1 atom stereocenters. The van der Waals surface area contributed by atoms with E-state index in [9.17, 15) is 4.79 Å². The molecule has 13 heavy (non-hydrogen) atoms. The van der Waals surface area contributed by atoms with E-state index in [-0.39, 0.29) is 5.91 Å². The van der Waals surface area contributed by atoms with E-state index in [2.05, 4.69) is 10.6 Å². The summed E-state index contributed by atoms with van der Waals surface area (Å²) in [7, 11) is 0. The maximum absolute atomic E-state index is 11.3. The molecule has 4 heteroatoms. The highest BCUT2D eigenvalue weighted by molar-refractivity contribution is 5.99. The van der Waals surface area contributed by atoms with Crippen LogP contribution in [0, 0.1) is 0 Å². The summed E-state index contributed by atoms with van der Waals surface area (Å²) >= 11 is 0. The first-order valence-electron chi connectivity index (χ1n) is 4.17. The van der Waals surface area contributed by atoms with Gasteiger partial charge in [-0.15, -0.1) is 0 Å². The largest absolute Gasteiger partial charge is 0.381 e.